The first-order valence-electron chi connectivity index (χ1n) is 7.89. The molecule has 1 aliphatic carbocycles. The second-order valence-corrected chi connectivity index (χ2v) is 6.09. The van der Waals surface area contributed by atoms with E-state index < -0.39 is 23.7 Å². The lowest BCUT2D eigenvalue weighted by Crippen LogP contribution is -2.33. The largest absolute Gasteiger partial charge is 0.308 e. The SMILES string of the molecule is O=C(Nc1ccn(-c2ccccc2)n1)[C@@]1(c2ccccc2)CC1(F)F. The van der Waals surface area contributed by atoms with Crippen LogP contribution in [0.5, 0.6) is 0 Å². The third kappa shape index (κ3) is 2.50. The van der Waals surface area contributed by atoms with Gasteiger partial charge >= 0.3 is 0 Å². The van der Waals surface area contributed by atoms with Crippen LogP contribution in [0.25, 0.3) is 5.69 Å². The summed E-state index contributed by atoms with van der Waals surface area (Å²) in [6.45, 7) is 0. The zero-order valence-electron chi connectivity index (χ0n) is 13.2. The van der Waals surface area contributed by atoms with Crippen molar-refractivity contribution in [2.75, 3.05) is 5.32 Å². The van der Waals surface area contributed by atoms with E-state index in [9.17, 15) is 13.6 Å². The Hall–Kier alpha value is -3.02. The first-order valence-corrected chi connectivity index (χ1v) is 7.89. The molecule has 126 valence electrons. The summed E-state index contributed by atoms with van der Waals surface area (Å²) < 4.78 is 29.7. The first-order chi connectivity index (χ1) is 12.0. The molecule has 4 nitrogen and oxygen atoms in total. The van der Waals surface area contributed by atoms with Gasteiger partial charge in [0.15, 0.2) is 5.82 Å². The highest BCUT2D eigenvalue weighted by molar-refractivity contribution is 6.02. The average molecular weight is 339 g/mol. The van der Waals surface area contributed by atoms with Gasteiger partial charge < -0.3 is 5.32 Å². The number of para-hydroxylation sites is 1. The fourth-order valence-electron chi connectivity index (χ4n) is 3.04. The molecule has 1 saturated carbocycles. The van der Waals surface area contributed by atoms with E-state index in [0.717, 1.165) is 5.69 Å². The van der Waals surface area contributed by atoms with Crippen LogP contribution in [-0.4, -0.2) is 21.6 Å². The first kappa shape index (κ1) is 15.5. The summed E-state index contributed by atoms with van der Waals surface area (Å²) in [5.74, 6) is -3.55. The summed E-state index contributed by atoms with van der Waals surface area (Å²) in [5, 5.41) is 6.78. The van der Waals surface area contributed by atoms with Crippen LogP contribution >= 0.6 is 0 Å². The second-order valence-electron chi connectivity index (χ2n) is 6.09. The maximum Gasteiger partial charge on any atom is 0.268 e. The van der Waals surface area contributed by atoms with Crippen molar-refractivity contribution in [3.63, 3.8) is 0 Å². The summed E-state index contributed by atoms with van der Waals surface area (Å²) in [4.78, 5) is 12.6. The van der Waals surface area contributed by atoms with E-state index >= 15 is 0 Å². The number of aromatic nitrogens is 2. The van der Waals surface area contributed by atoms with Crippen molar-refractivity contribution in [3.05, 3.63) is 78.5 Å². The van der Waals surface area contributed by atoms with Gasteiger partial charge in [-0.3, -0.25) is 4.79 Å². The highest BCUT2D eigenvalue weighted by Gasteiger charge is 2.76. The third-order valence-corrected chi connectivity index (χ3v) is 4.49. The summed E-state index contributed by atoms with van der Waals surface area (Å²) in [6.07, 6.45) is 1.18. The zero-order valence-corrected chi connectivity index (χ0v) is 13.2. The smallest absolute Gasteiger partial charge is 0.268 e. The Morgan fingerprint density at radius 3 is 2.20 bits per heavy atom. The molecular formula is C19H15F2N3O. The van der Waals surface area contributed by atoms with Gasteiger partial charge in [0.25, 0.3) is 5.92 Å². The quantitative estimate of drug-likeness (QED) is 0.786. The molecule has 0 aliphatic heterocycles. The summed E-state index contributed by atoms with van der Waals surface area (Å²) >= 11 is 0. The number of hydrogen-bond acceptors (Lipinski definition) is 2. The Balaban J connectivity index is 1.59. The summed E-state index contributed by atoms with van der Waals surface area (Å²) in [7, 11) is 0. The van der Waals surface area contributed by atoms with E-state index in [4.69, 9.17) is 0 Å². The average Bonchev–Trinajstić information content (AvgIpc) is 2.98. The number of carbonyl (C=O) groups excluding carboxylic acids is 1. The van der Waals surface area contributed by atoms with Crippen molar-refractivity contribution in [1.29, 1.82) is 0 Å². The van der Waals surface area contributed by atoms with Crippen LogP contribution in [0.3, 0.4) is 0 Å². The minimum Gasteiger partial charge on any atom is -0.308 e. The lowest BCUT2D eigenvalue weighted by molar-refractivity contribution is -0.121. The predicted octanol–water partition coefficient (Wildman–Crippen LogP) is 3.79. The fraction of sp³-hybridized carbons (Fsp3) is 0.158. The van der Waals surface area contributed by atoms with Gasteiger partial charge in [-0.1, -0.05) is 48.5 Å². The molecule has 0 bridgehead atoms. The maximum atomic E-state index is 14.1. The fourth-order valence-corrected chi connectivity index (χ4v) is 3.04. The van der Waals surface area contributed by atoms with Gasteiger partial charge in [0, 0.05) is 18.7 Å². The van der Waals surface area contributed by atoms with Crippen LogP contribution in [-0.2, 0) is 10.2 Å². The molecule has 1 amide bonds. The second kappa shape index (κ2) is 5.51. The van der Waals surface area contributed by atoms with E-state index in [0.29, 0.717) is 5.56 Å². The predicted molar refractivity (Wildman–Crippen MR) is 89.9 cm³/mol. The molecule has 25 heavy (non-hydrogen) atoms. The standard InChI is InChI=1S/C19H15F2N3O/c20-19(21)13-18(19,14-7-3-1-4-8-14)17(25)22-16-11-12-24(23-16)15-9-5-2-6-10-15/h1-12H,13H2,(H,22,23,25)/t18-/m0/s1. The van der Waals surface area contributed by atoms with Gasteiger partial charge in [-0.05, 0) is 17.7 Å². The van der Waals surface area contributed by atoms with Gasteiger partial charge in [-0.15, -0.1) is 0 Å². The van der Waals surface area contributed by atoms with Gasteiger partial charge in [-0.2, -0.15) is 5.10 Å². The van der Waals surface area contributed by atoms with Crippen LogP contribution in [0.15, 0.2) is 72.9 Å². The van der Waals surface area contributed by atoms with Gasteiger partial charge in [0.1, 0.15) is 5.41 Å². The minimum atomic E-state index is -3.06. The Labute approximate surface area is 143 Å². The monoisotopic (exact) mass is 339 g/mol. The van der Waals surface area contributed by atoms with Crippen molar-refractivity contribution >= 4 is 11.7 Å². The summed E-state index contributed by atoms with van der Waals surface area (Å²) in [6, 6.07) is 19.1. The number of halogens is 2. The van der Waals surface area contributed by atoms with Crippen molar-refractivity contribution < 1.29 is 13.6 Å². The van der Waals surface area contributed by atoms with Crippen LogP contribution in [0.1, 0.15) is 12.0 Å². The summed E-state index contributed by atoms with van der Waals surface area (Å²) in [5.41, 5.74) is -0.678. The van der Waals surface area contributed by atoms with Crippen LogP contribution in [0, 0.1) is 0 Å². The molecule has 1 aliphatic rings. The molecule has 0 radical (unpaired) electrons. The van der Waals surface area contributed by atoms with E-state index in [-0.39, 0.29) is 5.82 Å². The van der Waals surface area contributed by atoms with Crippen LogP contribution < -0.4 is 5.32 Å². The third-order valence-electron chi connectivity index (χ3n) is 4.49. The number of hydrogen-bond donors (Lipinski definition) is 1. The van der Waals surface area contributed by atoms with Gasteiger partial charge in [0.05, 0.1) is 5.69 Å². The topological polar surface area (TPSA) is 46.9 Å². The number of nitrogens with one attached hydrogen (secondary N) is 1. The Morgan fingerprint density at radius 1 is 1.00 bits per heavy atom. The normalized spacial score (nSPS) is 20.9. The number of nitrogens with zero attached hydrogens (tertiary/aromatic N) is 2. The number of rotatable bonds is 4. The molecule has 6 heteroatoms. The molecule has 1 atom stereocenters. The van der Waals surface area contributed by atoms with Gasteiger partial charge in [-0.25, -0.2) is 13.5 Å². The number of anilines is 1. The molecular weight excluding hydrogens is 324 g/mol. The van der Waals surface area contributed by atoms with Crippen LogP contribution in [0.2, 0.25) is 0 Å². The lowest BCUT2D eigenvalue weighted by Gasteiger charge is -2.15. The van der Waals surface area contributed by atoms with Crippen molar-refractivity contribution in [2.45, 2.75) is 17.8 Å². The van der Waals surface area contributed by atoms with E-state index in [2.05, 4.69) is 10.4 Å². The molecule has 4 rings (SSSR count). The number of benzene rings is 2. The molecule has 1 N–H and O–H groups in total. The van der Waals surface area contributed by atoms with E-state index in [1.54, 1.807) is 47.3 Å². The van der Waals surface area contributed by atoms with Crippen molar-refractivity contribution in [1.82, 2.24) is 9.78 Å². The Bertz CT molecular complexity index is 909. The highest BCUT2D eigenvalue weighted by atomic mass is 19.3. The number of alkyl halides is 2. The lowest BCUT2D eigenvalue weighted by atomic mass is 9.94. The Kier molecular flexibility index (Phi) is 3.42. The minimum absolute atomic E-state index is 0.242. The highest BCUT2D eigenvalue weighted by Crippen LogP contribution is 2.62. The zero-order chi connectivity index (χ0) is 17.5. The molecule has 1 fully saturated rings. The molecule has 0 spiro atoms. The molecule has 2 aromatic carbocycles. The van der Waals surface area contributed by atoms with Crippen molar-refractivity contribution in [3.8, 4) is 5.69 Å². The molecule has 0 unspecified atom stereocenters. The molecule has 1 heterocycles. The van der Waals surface area contributed by atoms with E-state index in [1.165, 1.54) is 0 Å². The van der Waals surface area contributed by atoms with Gasteiger partial charge in [0.2, 0.25) is 5.91 Å². The van der Waals surface area contributed by atoms with E-state index in [1.807, 2.05) is 30.3 Å². The molecule has 3 aromatic rings. The maximum absolute atomic E-state index is 14.1. The molecule has 0 saturated heterocycles. The number of carbonyl (C=O) groups is 1. The Morgan fingerprint density at radius 2 is 1.60 bits per heavy atom. The number of amides is 1. The molecule has 1 aromatic heterocycles. The van der Waals surface area contributed by atoms with Crippen molar-refractivity contribution in [2.24, 2.45) is 0 Å². The van der Waals surface area contributed by atoms with Crippen LogP contribution in [0.4, 0.5) is 14.6 Å².